The van der Waals surface area contributed by atoms with Crippen LogP contribution in [-0.4, -0.2) is 15.9 Å². The zero-order chi connectivity index (χ0) is 12.4. The molecule has 0 spiro atoms. The number of benzene rings is 1. The summed E-state index contributed by atoms with van der Waals surface area (Å²) in [6.45, 7) is 0. The molecule has 1 atom stereocenters. The van der Waals surface area contributed by atoms with E-state index in [-0.39, 0.29) is 0 Å². The molecule has 0 aliphatic heterocycles. The molecule has 18 heavy (non-hydrogen) atoms. The summed E-state index contributed by atoms with van der Waals surface area (Å²) in [5.74, 6) is 0.381. The van der Waals surface area contributed by atoms with Crippen molar-refractivity contribution in [2.75, 3.05) is 0 Å². The number of hydrogen-bond donors (Lipinski definition) is 1. The van der Waals surface area contributed by atoms with E-state index in [0.717, 1.165) is 24.1 Å². The molecule has 0 bridgehead atoms. The van der Waals surface area contributed by atoms with Crippen LogP contribution in [0.15, 0.2) is 53.9 Å². The lowest BCUT2D eigenvalue weighted by atomic mass is 9.80. The van der Waals surface area contributed by atoms with Crippen molar-refractivity contribution in [1.29, 1.82) is 0 Å². The van der Waals surface area contributed by atoms with Gasteiger partial charge in [0.2, 0.25) is 0 Å². The highest BCUT2D eigenvalue weighted by atomic mass is 16.4. The first-order valence-corrected chi connectivity index (χ1v) is 6.07. The van der Waals surface area contributed by atoms with E-state index in [1.165, 1.54) is 11.1 Å². The quantitative estimate of drug-likeness (QED) is 0.613. The highest BCUT2D eigenvalue weighted by Crippen LogP contribution is 2.32. The zero-order valence-electron chi connectivity index (χ0n) is 9.95. The highest BCUT2D eigenvalue weighted by molar-refractivity contribution is 6.02. The lowest BCUT2D eigenvalue weighted by Gasteiger charge is -2.25. The lowest BCUT2D eigenvalue weighted by molar-refractivity contribution is 0.317. The van der Waals surface area contributed by atoms with Gasteiger partial charge in [-0.05, 0) is 29.5 Å². The first kappa shape index (κ1) is 11.0. The lowest BCUT2D eigenvalue weighted by Crippen LogP contribution is -2.19. The van der Waals surface area contributed by atoms with E-state index in [4.69, 9.17) is 5.21 Å². The molecule has 90 valence electrons. The van der Waals surface area contributed by atoms with E-state index in [0.29, 0.717) is 5.92 Å². The van der Waals surface area contributed by atoms with Gasteiger partial charge in [-0.25, -0.2) is 0 Å². The first-order chi connectivity index (χ1) is 8.88. The van der Waals surface area contributed by atoms with Crippen LogP contribution in [0.5, 0.6) is 0 Å². The number of nitrogens with zero attached hydrogens (tertiary/aromatic N) is 2. The topological polar surface area (TPSA) is 45.5 Å². The molecule has 0 fully saturated rings. The largest absolute Gasteiger partial charge is 0.411 e. The number of pyridine rings is 1. The minimum atomic E-state index is 0.381. The molecule has 1 aromatic heterocycles. The number of rotatable bonds is 1. The van der Waals surface area contributed by atoms with Crippen LogP contribution in [-0.2, 0) is 6.42 Å². The predicted octanol–water partition coefficient (Wildman–Crippen LogP) is 2.99. The summed E-state index contributed by atoms with van der Waals surface area (Å²) in [6.07, 6.45) is 5.31. The minimum absolute atomic E-state index is 0.381. The van der Waals surface area contributed by atoms with Crippen LogP contribution < -0.4 is 0 Å². The Morgan fingerprint density at radius 2 is 1.94 bits per heavy atom. The Morgan fingerprint density at radius 3 is 2.72 bits per heavy atom. The van der Waals surface area contributed by atoms with Crippen LogP contribution in [0.2, 0.25) is 0 Å². The molecule has 3 rings (SSSR count). The molecule has 0 unspecified atom stereocenters. The number of oxime groups is 1. The average Bonchev–Trinajstić information content (AvgIpc) is 2.47. The van der Waals surface area contributed by atoms with Crippen molar-refractivity contribution in [3.05, 3.63) is 65.5 Å². The van der Waals surface area contributed by atoms with Crippen LogP contribution in [0.25, 0.3) is 0 Å². The summed E-state index contributed by atoms with van der Waals surface area (Å²) in [5, 5.41) is 12.6. The van der Waals surface area contributed by atoms with Gasteiger partial charge in [0, 0.05) is 24.4 Å². The van der Waals surface area contributed by atoms with E-state index in [1.807, 2.05) is 24.3 Å². The third-order valence-electron chi connectivity index (χ3n) is 3.52. The molecule has 0 radical (unpaired) electrons. The molecule has 2 aromatic rings. The molecule has 1 N–H and O–H groups in total. The smallest absolute Gasteiger partial charge is 0.0892 e. The summed E-state index contributed by atoms with van der Waals surface area (Å²) in [4.78, 5) is 4.10. The van der Waals surface area contributed by atoms with E-state index in [1.54, 1.807) is 12.4 Å². The molecule has 3 heteroatoms. The standard InChI is InChI=1S/C15H14N2O/c18-17-15-9-13(11-4-2-1-3-5-11)8-12-6-7-16-10-14(12)15/h1-7,10,13,18H,8-9H2/b17-15+/t13-/m0/s1. The third kappa shape index (κ3) is 1.88. The van der Waals surface area contributed by atoms with Gasteiger partial charge < -0.3 is 5.21 Å². The van der Waals surface area contributed by atoms with Gasteiger partial charge in [0.25, 0.3) is 0 Å². The SMILES string of the molecule is O/N=C1\C[C@@H](c2ccccc2)Cc2ccncc21. The van der Waals surface area contributed by atoms with Crippen molar-refractivity contribution in [3.63, 3.8) is 0 Å². The van der Waals surface area contributed by atoms with Gasteiger partial charge in [-0.3, -0.25) is 4.98 Å². The Kier molecular flexibility index (Phi) is 2.81. The van der Waals surface area contributed by atoms with Crippen LogP contribution in [0.4, 0.5) is 0 Å². The van der Waals surface area contributed by atoms with Gasteiger partial charge in [0.05, 0.1) is 5.71 Å². The van der Waals surface area contributed by atoms with Crippen LogP contribution in [0.1, 0.15) is 29.0 Å². The maximum absolute atomic E-state index is 9.16. The molecule has 0 saturated heterocycles. The Labute approximate surface area is 106 Å². The molecule has 1 aliphatic rings. The van der Waals surface area contributed by atoms with Crippen LogP contribution >= 0.6 is 0 Å². The molecule has 1 heterocycles. The van der Waals surface area contributed by atoms with Crippen LogP contribution in [0, 0.1) is 0 Å². The maximum atomic E-state index is 9.16. The number of fused-ring (bicyclic) bond motifs is 1. The van der Waals surface area contributed by atoms with Gasteiger partial charge in [-0.15, -0.1) is 0 Å². The molecular formula is C15H14N2O. The fourth-order valence-corrected chi connectivity index (χ4v) is 2.60. The van der Waals surface area contributed by atoms with Crippen LogP contribution in [0.3, 0.4) is 0 Å². The van der Waals surface area contributed by atoms with Gasteiger partial charge in [-0.1, -0.05) is 35.5 Å². The maximum Gasteiger partial charge on any atom is 0.0892 e. The van der Waals surface area contributed by atoms with E-state index < -0.39 is 0 Å². The van der Waals surface area contributed by atoms with Crippen molar-refractivity contribution in [2.45, 2.75) is 18.8 Å². The second kappa shape index (κ2) is 4.61. The second-order valence-electron chi connectivity index (χ2n) is 4.60. The number of hydrogen-bond acceptors (Lipinski definition) is 3. The molecule has 0 amide bonds. The number of aromatic nitrogens is 1. The highest BCUT2D eigenvalue weighted by Gasteiger charge is 2.25. The van der Waals surface area contributed by atoms with Crippen molar-refractivity contribution in [3.8, 4) is 0 Å². The Bertz CT molecular complexity index is 578. The fraction of sp³-hybridized carbons (Fsp3) is 0.200. The van der Waals surface area contributed by atoms with E-state index in [2.05, 4.69) is 22.3 Å². The summed E-state index contributed by atoms with van der Waals surface area (Å²) in [6, 6.07) is 12.4. The average molecular weight is 238 g/mol. The Balaban J connectivity index is 2.00. The first-order valence-electron chi connectivity index (χ1n) is 6.07. The van der Waals surface area contributed by atoms with E-state index >= 15 is 0 Å². The van der Waals surface area contributed by atoms with Gasteiger partial charge >= 0.3 is 0 Å². The summed E-state index contributed by atoms with van der Waals surface area (Å²) in [7, 11) is 0. The van der Waals surface area contributed by atoms with Crippen molar-refractivity contribution >= 4 is 5.71 Å². The molecule has 3 nitrogen and oxygen atoms in total. The van der Waals surface area contributed by atoms with E-state index in [9.17, 15) is 0 Å². The molecule has 0 saturated carbocycles. The fourth-order valence-electron chi connectivity index (χ4n) is 2.60. The van der Waals surface area contributed by atoms with Gasteiger partial charge in [-0.2, -0.15) is 0 Å². The van der Waals surface area contributed by atoms with Crippen molar-refractivity contribution in [1.82, 2.24) is 4.98 Å². The molecule has 1 aromatic carbocycles. The Morgan fingerprint density at radius 1 is 1.11 bits per heavy atom. The summed E-state index contributed by atoms with van der Waals surface area (Å²) < 4.78 is 0. The monoisotopic (exact) mass is 238 g/mol. The van der Waals surface area contributed by atoms with Crippen molar-refractivity contribution in [2.24, 2.45) is 5.16 Å². The third-order valence-corrected chi connectivity index (χ3v) is 3.52. The minimum Gasteiger partial charge on any atom is -0.411 e. The predicted molar refractivity (Wildman–Crippen MR) is 70.1 cm³/mol. The molecule has 1 aliphatic carbocycles. The normalized spacial score (nSPS) is 20.7. The molecular weight excluding hydrogens is 224 g/mol. The summed E-state index contributed by atoms with van der Waals surface area (Å²) in [5.41, 5.74) is 4.21. The van der Waals surface area contributed by atoms with Gasteiger partial charge in [0.1, 0.15) is 0 Å². The van der Waals surface area contributed by atoms with Gasteiger partial charge in [0.15, 0.2) is 0 Å². The summed E-state index contributed by atoms with van der Waals surface area (Å²) >= 11 is 0. The second-order valence-corrected chi connectivity index (χ2v) is 4.60. The Hall–Kier alpha value is -2.16. The zero-order valence-corrected chi connectivity index (χ0v) is 9.95. The van der Waals surface area contributed by atoms with Crippen molar-refractivity contribution < 1.29 is 5.21 Å².